The van der Waals surface area contributed by atoms with Gasteiger partial charge in [-0.2, -0.15) is 0 Å². The minimum absolute atomic E-state index is 0.614. The lowest BCUT2D eigenvalue weighted by molar-refractivity contribution is 0.162. The first-order valence-corrected chi connectivity index (χ1v) is 8.24. The molecule has 1 N–H and O–H groups in total. The predicted octanol–water partition coefficient (Wildman–Crippen LogP) is 3.83. The van der Waals surface area contributed by atoms with Crippen LogP contribution >= 0.6 is 0 Å². The second kappa shape index (κ2) is 7.80. The fraction of sp³-hybridized carbons (Fsp3) is 0.667. The molecule has 0 unspecified atom stereocenters. The molecule has 0 aromatic heterocycles. The summed E-state index contributed by atoms with van der Waals surface area (Å²) in [5, 5.41) is 3.47. The number of unbranched alkanes of at least 4 members (excludes halogenated alkanes) is 2. The predicted molar refractivity (Wildman–Crippen MR) is 87.2 cm³/mol. The first-order chi connectivity index (χ1) is 9.72. The van der Waals surface area contributed by atoms with Crippen molar-refractivity contribution < 1.29 is 0 Å². The van der Waals surface area contributed by atoms with E-state index in [-0.39, 0.29) is 0 Å². The van der Waals surface area contributed by atoms with Crippen LogP contribution in [-0.4, -0.2) is 31.1 Å². The van der Waals surface area contributed by atoms with Crippen LogP contribution in [0, 0.1) is 13.8 Å². The zero-order valence-corrected chi connectivity index (χ0v) is 13.4. The van der Waals surface area contributed by atoms with Crippen LogP contribution in [-0.2, 0) is 0 Å². The number of nitrogens with zero attached hydrogens (tertiary/aromatic N) is 1. The Morgan fingerprint density at radius 1 is 1.10 bits per heavy atom. The first-order valence-electron chi connectivity index (χ1n) is 8.24. The third-order valence-corrected chi connectivity index (χ3v) is 4.59. The van der Waals surface area contributed by atoms with Crippen LogP contribution in [0.25, 0.3) is 0 Å². The molecule has 1 aliphatic rings. The molecule has 0 bridgehead atoms. The minimum Gasteiger partial charge on any atom is -0.314 e. The van der Waals surface area contributed by atoms with Crippen molar-refractivity contribution in [3.8, 4) is 0 Å². The maximum absolute atomic E-state index is 3.47. The van der Waals surface area contributed by atoms with Gasteiger partial charge in [-0.15, -0.1) is 0 Å². The first kappa shape index (κ1) is 15.5. The molecule has 1 aliphatic heterocycles. The van der Waals surface area contributed by atoms with Gasteiger partial charge in [-0.05, 0) is 37.0 Å². The van der Waals surface area contributed by atoms with Crippen molar-refractivity contribution in [1.82, 2.24) is 10.2 Å². The van der Waals surface area contributed by atoms with E-state index in [0.717, 1.165) is 13.1 Å². The Balaban J connectivity index is 2.12. The van der Waals surface area contributed by atoms with E-state index >= 15 is 0 Å². The van der Waals surface area contributed by atoms with Crippen molar-refractivity contribution in [2.45, 2.75) is 52.5 Å². The Morgan fingerprint density at radius 3 is 2.50 bits per heavy atom. The van der Waals surface area contributed by atoms with Crippen molar-refractivity contribution in [3.05, 3.63) is 34.9 Å². The monoisotopic (exact) mass is 274 g/mol. The van der Waals surface area contributed by atoms with Gasteiger partial charge in [0.1, 0.15) is 0 Å². The lowest BCUT2D eigenvalue weighted by Crippen LogP contribution is -2.45. The van der Waals surface area contributed by atoms with E-state index in [1.807, 2.05) is 0 Å². The number of rotatable bonds is 6. The van der Waals surface area contributed by atoms with Crippen LogP contribution in [0.5, 0.6) is 0 Å². The van der Waals surface area contributed by atoms with Gasteiger partial charge in [-0.3, -0.25) is 4.90 Å². The number of hydrogen-bond acceptors (Lipinski definition) is 2. The zero-order valence-electron chi connectivity index (χ0n) is 13.4. The standard InChI is InChI=1S/C18H30N2/c1-4-5-6-7-18(20-12-10-19-11-13-20)17-9-8-15(2)16(3)14-17/h8-9,14,18-19H,4-7,10-13H2,1-3H3/t18-/m0/s1. The van der Waals surface area contributed by atoms with Gasteiger partial charge in [0.05, 0.1) is 0 Å². The summed E-state index contributed by atoms with van der Waals surface area (Å²) in [6.07, 6.45) is 5.31. The Labute approximate surface area is 124 Å². The number of piperazine rings is 1. The van der Waals surface area contributed by atoms with Crippen LogP contribution in [0.4, 0.5) is 0 Å². The third kappa shape index (κ3) is 4.07. The lowest BCUT2D eigenvalue weighted by Gasteiger charge is -2.35. The number of aryl methyl sites for hydroxylation is 2. The smallest absolute Gasteiger partial charge is 0.0349 e. The van der Waals surface area contributed by atoms with Crippen molar-refractivity contribution in [1.29, 1.82) is 0 Å². The summed E-state index contributed by atoms with van der Waals surface area (Å²) in [6, 6.07) is 7.66. The van der Waals surface area contributed by atoms with E-state index < -0.39 is 0 Å². The van der Waals surface area contributed by atoms with Gasteiger partial charge in [0, 0.05) is 32.2 Å². The molecule has 1 atom stereocenters. The number of benzene rings is 1. The Hall–Kier alpha value is -0.860. The van der Waals surface area contributed by atoms with Crippen molar-refractivity contribution in [3.63, 3.8) is 0 Å². The molecule has 112 valence electrons. The second-order valence-electron chi connectivity index (χ2n) is 6.14. The third-order valence-electron chi connectivity index (χ3n) is 4.59. The fourth-order valence-electron chi connectivity index (χ4n) is 3.11. The van der Waals surface area contributed by atoms with Gasteiger partial charge < -0.3 is 5.32 Å². The molecule has 2 heteroatoms. The molecule has 1 saturated heterocycles. The van der Waals surface area contributed by atoms with Crippen molar-refractivity contribution in [2.24, 2.45) is 0 Å². The normalized spacial score (nSPS) is 18.1. The molecule has 1 fully saturated rings. The molecule has 1 heterocycles. The Bertz CT molecular complexity index is 408. The summed E-state index contributed by atoms with van der Waals surface area (Å²) in [5.74, 6) is 0. The quantitative estimate of drug-likeness (QED) is 0.793. The average molecular weight is 274 g/mol. The lowest BCUT2D eigenvalue weighted by atomic mass is 9.95. The molecule has 0 saturated carbocycles. The van der Waals surface area contributed by atoms with Crippen LogP contribution < -0.4 is 5.32 Å². The molecule has 0 radical (unpaired) electrons. The van der Waals surface area contributed by atoms with E-state index in [4.69, 9.17) is 0 Å². The molecule has 2 rings (SSSR count). The molecular formula is C18H30N2. The van der Waals surface area contributed by atoms with E-state index in [1.54, 1.807) is 0 Å². The molecule has 1 aromatic rings. The molecule has 0 spiro atoms. The maximum atomic E-state index is 3.47. The average Bonchev–Trinajstić information content (AvgIpc) is 2.48. The highest BCUT2D eigenvalue weighted by atomic mass is 15.2. The van der Waals surface area contributed by atoms with Crippen LogP contribution in [0.2, 0.25) is 0 Å². The van der Waals surface area contributed by atoms with Crippen molar-refractivity contribution in [2.75, 3.05) is 26.2 Å². The largest absolute Gasteiger partial charge is 0.314 e. The summed E-state index contributed by atoms with van der Waals surface area (Å²) in [6.45, 7) is 11.4. The summed E-state index contributed by atoms with van der Waals surface area (Å²) >= 11 is 0. The fourth-order valence-corrected chi connectivity index (χ4v) is 3.11. The van der Waals surface area contributed by atoms with E-state index in [0.29, 0.717) is 6.04 Å². The number of nitrogens with one attached hydrogen (secondary N) is 1. The highest BCUT2D eigenvalue weighted by molar-refractivity contribution is 5.31. The second-order valence-corrected chi connectivity index (χ2v) is 6.14. The maximum Gasteiger partial charge on any atom is 0.0349 e. The van der Waals surface area contributed by atoms with E-state index in [9.17, 15) is 0 Å². The zero-order chi connectivity index (χ0) is 14.4. The van der Waals surface area contributed by atoms with E-state index in [2.05, 4.69) is 49.2 Å². The van der Waals surface area contributed by atoms with Gasteiger partial charge in [-0.1, -0.05) is 44.4 Å². The van der Waals surface area contributed by atoms with Crippen molar-refractivity contribution >= 4 is 0 Å². The molecule has 2 nitrogen and oxygen atoms in total. The minimum atomic E-state index is 0.614. The summed E-state index contributed by atoms with van der Waals surface area (Å²) < 4.78 is 0. The van der Waals surface area contributed by atoms with Crippen LogP contribution in [0.3, 0.4) is 0 Å². The van der Waals surface area contributed by atoms with Crippen LogP contribution in [0.1, 0.15) is 55.3 Å². The Morgan fingerprint density at radius 2 is 1.85 bits per heavy atom. The van der Waals surface area contributed by atoms with Gasteiger partial charge in [0.2, 0.25) is 0 Å². The Kier molecular flexibility index (Phi) is 6.06. The highest BCUT2D eigenvalue weighted by Crippen LogP contribution is 2.28. The topological polar surface area (TPSA) is 15.3 Å². The summed E-state index contributed by atoms with van der Waals surface area (Å²) in [5.41, 5.74) is 4.35. The highest BCUT2D eigenvalue weighted by Gasteiger charge is 2.21. The van der Waals surface area contributed by atoms with Gasteiger partial charge in [-0.25, -0.2) is 0 Å². The summed E-state index contributed by atoms with van der Waals surface area (Å²) in [7, 11) is 0. The molecule has 0 aliphatic carbocycles. The molecule has 20 heavy (non-hydrogen) atoms. The summed E-state index contributed by atoms with van der Waals surface area (Å²) in [4.78, 5) is 2.68. The van der Waals surface area contributed by atoms with Gasteiger partial charge >= 0.3 is 0 Å². The van der Waals surface area contributed by atoms with Crippen LogP contribution in [0.15, 0.2) is 18.2 Å². The number of hydrogen-bond donors (Lipinski definition) is 1. The molecule has 0 amide bonds. The SMILES string of the molecule is CCCCC[C@@H](c1ccc(C)c(C)c1)N1CCNCC1. The molecule has 1 aromatic carbocycles. The van der Waals surface area contributed by atoms with Gasteiger partial charge in [0.25, 0.3) is 0 Å². The van der Waals surface area contributed by atoms with E-state index in [1.165, 1.54) is 55.5 Å². The molecular weight excluding hydrogens is 244 g/mol. The van der Waals surface area contributed by atoms with Gasteiger partial charge in [0.15, 0.2) is 0 Å².